The Kier molecular flexibility index (Phi) is 3.43. The van der Waals surface area contributed by atoms with E-state index < -0.39 is 0 Å². The molecular weight excluding hydrogens is 270 g/mol. The van der Waals surface area contributed by atoms with E-state index in [2.05, 4.69) is 9.97 Å². The summed E-state index contributed by atoms with van der Waals surface area (Å²) in [5, 5.41) is 1.96. The molecular formula is C15H13N3OS. The summed E-state index contributed by atoms with van der Waals surface area (Å²) in [7, 11) is 1.61. The van der Waals surface area contributed by atoms with Crippen molar-refractivity contribution in [3.63, 3.8) is 0 Å². The fraction of sp³-hybridized carbons (Fsp3) is 0.0667. The molecule has 100 valence electrons. The van der Waals surface area contributed by atoms with Crippen LogP contribution in [0.2, 0.25) is 0 Å². The lowest BCUT2D eigenvalue weighted by molar-refractivity contribution is 0.416. The molecule has 2 aromatic carbocycles. The fourth-order valence-electron chi connectivity index (χ4n) is 1.93. The van der Waals surface area contributed by atoms with Gasteiger partial charge in [0.25, 0.3) is 0 Å². The number of hydrogen-bond acceptors (Lipinski definition) is 5. The highest BCUT2D eigenvalue weighted by molar-refractivity contribution is 7.99. The van der Waals surface area contributed by atoms with Gasteiger partial charge in [0.05, 0.1) is 18.3 Å². The van der Waals surface area contributed by atoms with Gasteiger partial charge in [-0.2, -0.15) is 0 Å². The van der Waals surface area contributed by atoms with E-state index in [-0.39, 0.29) is 0 Å². The first-order chi connectivity index (χ1) is 9.78. The van der Waals surface area contributed by atoms with E-state index in [1.807, 2.05) is 42.5 Å². The average molecular weight is 283 g/mol. The summed E-state index contributed by atoms with van der Waals surface area (Å²) in [6, 6.07) is 13.7. The Balaban J connectivity index is 2.01. The van der Waals surface area contributed by atoms with Crippen molar-refractivity contribution in [3.05, 3.63) is 48.8 Å². The van der Waals surface area contributed by atoms with Crippen molar-refractivity contribution in [2.45, 2.75) is 9.92 Å². The molecule has 0 unspecified atom stereocenters. The van der Waals surface area contributed by atoms with Crippen LogP contribution in [0.25, 0.3) is 10.9 Å². The Labute approximate surface area is 121 Å². The first-order valence-corrected chi connectivity index (χ1v) is 6.90. The van der Waals surface area contributed by atoms with Crippen LogP contribution in [0.5, 0.6) is 5.75 Å². The molecule has 0 amide bonds. The van der Waals surface area contributed by atoms with Gasteiger partial charge >= 0.3 is 0 Å². The minimum Gasteiger partial charge on any atom is -0.495 e. The van der Waals surface area contributed by atoms with Crippen molar-refractivity contribution >= 4 is 28.4 Å². The Morgan fingerprint density at radius 3 is 2.80 bits per heavy atom. The number of nitrogens with two attached hydrogens (primary N) is 1. The molecule has 3 aromatic rings. The van der Waals surface area contributed by atoms with E-state index in [0.29, 0.717) is 11.4 Å². The zero-order valence-electron chi connectivity index (χ0n) is 10.9. The van der Waals surface area contributed by atoms with Crippen molar-refractivity contribution < 1.29 is 4.74 Å². The minimum atomic E-state index is 0.629. The van der Waals surface area contributed by atoms with Gasteiger partial charge in [-0.05, 0) is 24.3 Å². The highest BCUT2D eigenvalue weighted by Gasteiger charge is 2.07. The lowest BCUT2D eigenvalue weighted by Gasteiger charge is -2.08. The van der Waals surface area contributed by atoms with Crippen molar-refractivity contribution in [1.29, 1.82) is 0 Å². The monoisotopic (exact) mass is 283 g/mol. The molecule has 20 heavy (non-hydrogen) atoms. The quantitative estimate of drug-likeness (QED) is 0.590. The predicted molar refractivity (Wildman–Crippen MR) is 81.1 cm³/mol. The van der Waals surface area contributed by atoms with E-state index in [9.17, 15) is 0 Å². The molecule has 5 heteroatoms. The zero-order chi connectivity index (χ0) is 13.9. The normalized spacial score (nSPS) is 10.7. The fourth-order valence-corrected chi connectivity index (χ4v) is 2.84. The van der Waals surface area contributed by atoms with Crippen LogP contribution in [0.3, 0.4) is 0 Å². The smallest absolute Gasteiger partial charge is 0.142 e. The second-order valence-electron chi connectivity index (χ2n) is 4.20. The third kappa shape index (κ3) is 2.40. The molecule has 0 spiro atoms. The van der Waals surface area contributed by atoms with Gasteiger partial charge in [0, 0.05) is 10.3 Å². The maximum absolute atomic E-state index is 5.82. The van der Waals surface area contributed by atoms with Crippen LogP contribution in [0.15, 0.2) is 58.7 Å². The van der Waals surface area contributed by atoms with E-state index in [0.717, 1.165) is 20.8 Å². The average Bonchev–Trinajstić information content (AvgIpc) is 2.49. The van der Waals surface area contributed by atoms with Crippen LogP contribution in [-0.2, 0) is 0 Å². The number of ether oxygens (including phenoxy) is 1. The van der Waals surface area contributed by atoms with E-state index >= 15 is 0 Å². The maximum atomic E-state index is 5.82. The SMILES string of the molecule is COc1cc(Sc2ncnc3ccccc23)ccc1N. The molecule has 0 fully saturated rings. The number of nitrogen functional groups attached to an aromatic ring is 1. The van der Waals surface area contributed by atoms with Gasteiger partial charge in [-0.3, -0.25) is 0 Å². The van der Waals surface area contributed by atoms with Gasteiger partial charge in [-0.25, -0.2) is 9.97 Å². The molecule has 0 radical (unpaired) electrons. The lowest BCUT2D eigenvalue weighted by atomic mass is 10.2. The van der Waals surface area contributed by atoms with Crippen LogP contribution in [0.4, 0.5) is 5.69 Å². The number of fused-ring (bicyclic) bond motifs is 1. The van der Waals surface area contributed by atoms with Gasteiger partial charge < -0.3 is 10.5 Å². The summed E-state index contributed by atoms with van der Waals surface area (Å²) in [6.07, 6.45) is 1.58. The summed E-state index contributed by atoms with van der Waals surface area (Å²) in [5.41, 5.74) is 7.39. The van der Waals surface area contributed by atoms with Crippen molar-refractivity contribution in [2.24, 2.45) is 0 Å². The molecule has 1 aromatic heterocycles. The molecule has 0 aliphatic rings. The zero-order valence-corrected chi connectivity index (χ0v) is 11.7. The first-order valence-electron chi connectivity index (χ1n) is 6.09. The van der Waals surface area contributed by atoms with Crippen LogP contribution in [0, 0.1) is 0 Å². The molecule has 4 nitrogen and oxygen atoms in total. The maximum Gasteiger partial charge on any atom is 0.142 e. The lowest BCUT2D eigenvalue weighted by Crippen LogP contribution is -1.92. The van der Waals surface area contributed by atoms with Crippen molar-refractivity contribution in [1.82, 2.24) is 9.97 Å². The third-order valence-electron chi connectivity index (χ3n) is 2.93. The minimum absolute atomic E-state index is 0.629. The van der Waals surface area contributed by atoms with Gasteiger partial charge in [-0.1, -0.05) is 30.0 Å². The third-order valence-corrected chi connectivity index (χ3v) is 3.93. The molecule has 0 bridgehead atoms. The molecule has 0 aliphatic carbocycles. The Morgan fingerprint density at radius 2 is 1.95 bits per heavy atom. The van der Waals surface area contributed by atoms with Gasteiger partial charge in [-0.15, -0.1) is 0 Å². The Bertz CT molecular complexity index is 756. The number of aromatic nitrogens is 2. The molecule has 0 aliphatic heterocycles. The molecule has 1 heterocycles. The number of hydrogen-bond donors (Lipinski definition) is 1. The van der Waals surface area contributed by atoms with E-state index in [1.54, 1.807) is 25.2 Å². The number of benzene rings is 2. The predicted octanol–water partition coefficient (Wildman–Crippen LogP) is 3.37. The number of anilines is 1. The van der Waals surface area contributed by atoms with Crippen molar-refractivity contribution in [3.8, 4) is 5.75 Å². The molecule has 3 rings (SSSR count). The molecule has 0 saturated carbocycles. The molecule has 0 atom stereocenters. The van der Waals surface area contributed by atoms with Gasteiger partial charge in [0.2, 0.25) is 0 Å². The first kappa shape index (κ1) is 12.7. The number of rotatable bonds is 3. The number of nitrogens with zero attached hydrogens (tertiary/aromatic N) is 2. The number of para-hydroxylation sites is 1. The van der Waals surface area contributed by atoms with E-state index in [4.69, 9.17) is 10.5 Å². The highest BCUT2D eigenvalue weighted by Crippen LogP contribution is 2.34. The summed E-state index contributed by atoms with van der Waals surface area (Å²) in [4.78, 5) is 9.65. The Hall–Kier alpha value is -2.27. The standard InChI is InChI=1S/C15H13N3OS/c1-19-14-8-10(6-7-12(14)16)20-15-11-4-2-3-5-13(11)17-9-18-15/h2-9H,16H2,1H3. The van der Waals surface area contributed by atoms with Gasteiger partial charge in [0.15, 0.2) is 0 Å². The summed E-state index contributed by atoms with van der Waals surface area (Å²) in [6.45, 7) is 0. The van der Waals surface area contributed by atoms with Crippen LogP contribution >= 0.6 is 11.8 Å². The largest absolute Gasteiger partial charge is 0.495 e. The second kappa shape index (κ2) is 5.38. The summed E-state index contributed by atoms with van der Waals surface area (Å²) >= 11 is 1.57. The number of methoxy groups -OCH3 is 1. The molecule has 2 N–H and O–H groups in total. The second-order valence-corrected chi connectivity index (χ2v) is 5.26. The van der Waals surface area contributed by atoms with Crippen LogP contribution < -0.4 is 10.5 Å². The molecule has 0 saturated heterocycles. The van der Waals surface area contributed by atoms with E-state index in [1.165, 1.54) is 0 Å². The van der Waals surface area contributed by atoms with Crippen molar-refractivity contribution in [2.75, 3.05) is 12.8 Å². The summed E-state index contributed by atoms with van der Waals surface area (Å²) in [5.74, 6) is 0.674. The van der Waals surface area contributed by atoms with Crippen LogP contribution in [0.1, 0.15) is 0 Å². The van der Waals surface area contributed by atoms with Crippen LogP contribution in [-0.4, -0.2) is 17.1 Å². The van der Waals surface area contributed by atoms with Gasteiger partial charge in [0.1, 0.15) is 17.1 Å². The highest BCUT2D eigenvalue weighted by atomic mass is 32.2. The topological polar surface area (TPSA) is 61.0 Å². The Morgan fingerprint density at radius 1 is 1.10 bits per heavy atom. The summed E-state index contributed by atoms with van der Waals surface area (Å²) < 4.78 is 5.24.